The number of ether oxygens (including phenoxy) is 3. The molecule has 2 rings (SSSR count). The van der Waals surface area contributed by atoms with Crippen LogP contribution in [0.1, 0.15) is 83.8 Å². The molecule has 2 unspecified atom stereocenters. The molecule has 0 aliphatic carbocycles. The van der Waals surface area contributed by atoms with E-state index in [9.17, 15) is 5.11 Å². The Morgan fingerprint density at radius 3 is 2.07 bits per heavy atom. The molecule has 0 heterocycles. The number of phenolic OH excluding ortho intramolecular Hbond substituents is 1. The molecule has 30 heavy (non-hydrogen) atoms. The smallest absolute Gasteiger partial charge is 0.199 e. The molecule has 0 aliphatic heterocycles. The zero-order chi connectivity index (χ0) is 21.6. The van der Waals surface area contributed by atoms with Gasteiger partial charge in [-0.2, -0.15) is 0 Å². The van der Waals surface area contributed by atoms with E-state index in [-0.39, 0.29) is 18.1 Å². The van der Waals surface area contributed by atoms with Gasteiger partial charge < -0.3 is 19.3 Å². The minimum atomic E-state index is -0.304. The Morgan fingerprint density at radius 2 is 1.40 bits per heavy atom. The third-order valence-electron chi connectivity index (χ3n) is 5.17. The SMILES string of the molecule is CCCCCCCCC(Oc1ccccc1OC(CC)OCC)c1ccccc1O. The van der Waals surface area contributed by atoms with E-state index in [0.717, 1.165) is 24.8 Å². The summed E-state index contributed by atoms with van der Waals surface area (Å²) in [5.41, 5.74) is 0.817. The normalized spacial score (nSPS) is 13.0. The number of hydrogen-bond acceptors (Lipinski definition) is 4. The van der Waals surface area contributed by atoms with Gasteiger partial charge in [0.05, 0.1) is 0 Å². The molecule has 2 aromatic carbocycles. The molecular weight excluding hydrogens is 376 g/mol. The second-order valence-corrected chi connectivity index (χ2v) is 7.58. The Bertz CT molecular complexity index is 716. The van der Waals surface area contributed by atoms with Gasteiger partial charge in [0.15, 0.2) is 17.8 Å². The number of benzene rings is 2. The molecule has 4 nitrogen and oxygen atoms in total. The third kappa shape index (κ3) is 7.91. The zero-order valence-electron chi connectivity index (χ0n) is 18.8. The minimum absolute atomic E-state index is 0.228. The van der Waals surface area contributed by atoms with Crippen LogP contribution in [0.5, 0.6) is 17.2 Å². The van der Waals surface area contributed by atoms with Crippen molar-refractivity contribution in [2.75, 3.05) is 6.61 Å². The molecular formula is C26H38O4. The fraction of sp³-hybridized carbons (Fsp3) is 0.538. The van der Waals surface area contributed by atoms with Crippen LogP contribution < -0.4 is 9.47 Å². The lowest BCUT2D eigenvalue weighted by atomic mass is 10.0. The first-order valence-electron chi connectivity index (χ1n) is 11.5. The molecule has 0 fully saturated rings. The number of rotatable bonds is 15. The molecule has 2 atom stereocenters. The van der Waals surface area contributed by atoms with Crippen molar-refractivity contribution < 1.29 is 19.3 Å². The first kappa shape index (κ1) is 24.1. The van der Waals surface area contributed by atoms with Gasteiger partial charge in [-0.05, 0) is 38.0 Å². The topological polar surface area (TPSA) is 47.9 Å². The molecule has 0 radical (unpaired) electrons. The van der Waals surface area contributed by atoms with Crippen LogP contribution in [0.4, 0.5) is 0 Å². The predicted octanol–water partition coefficient (Wildman–Crippen LogP) is 7.41. The summed E-state index contributed by atoms with van der Waals surface area (Å²) >= 11 is 0. The molecule has 4 heteroatoms. The van der Waals surface area contributed by atoms with Crippen molar-refractivity contribution in [1.29, 1.82) is 0 Å². The lowest BCUT2D eigenvalue weighted by Gasteiger charge is -2.24. The van der Waals surface area contributed by atoms with Crippen LogP contribution >= 0.6 is 0 Å². The number of aromatic hydroxyl groups is 1. The van der Waals surface area contributed by atoms with Crippen molar-refractivity contribution in [3.05, 3.63) is 54.1 Å². The maximum absolute atomic E-state index is 10.4. The number of phenols is 1. The van der Waals surface area contributed by atoms with Gasteiger partial charge in [0, 0.05) is 18.6 Å². The van der Waals surface area contributed by atoms with Crippen molar-refractivity contribution in [2.24, 2.45) is 0 Å². The Morgan fingerprint density at radius 1 is 0.767 bits per heavy atom. The van der Waals surface area contributed by atoms with E-state index in [1.165, 1.54) is 32.1 Å². The Kier molecular flexibility index (Phi) is 11.2. The largest absolute Gasteiger partial charge is 0.508 e. The average Bonchev–Trinajstić information content (AvgIpc) is 2.76. The summed E-state index contributed by atoms with van der Waals surface area (Å²) < 4.78 is 18.1. The molecule has 0 saturated heterocycles. The highest BCUT2D eigenvalue weighted by molar-refractivity contribution is 5.41. The molecule has 2 aromatic rings. The van der Waals surface area contributed by atoms with Gasteiger partial charge in [-0.15, -0.1) is 0 Å². The van der Waals surface area contributed by atoms with E-state index in [0.29, 0.717) is 18.1 Å². The maximum atomic E-state index is 10.4. The fourth-order valence-electron chi connectivity index (χ4n) is 3.51. The van der Waals surface area contributed by atoms with Gasteiger partial charge >= 0.3 is 0 Å². The molecule has 0 spiro atoms. The summed E-state index contributed by atoms with van der Waals surface area (Å²) in [6.07, 6.45) is 8.37. The lowest BCUT2D eigenvalue weighted by molar-refractivity contribution is -0.0782. The average molecular weight is 415 g/mol. The summed E-state index contributed by atoms with van der Waals surface area (Å²) in [6.45, 7) is 6.83. The molecule has 0 bridgehead atoms. The molecule has 0 aromatic heterocycles. The second kappa shape index (κ2) is 13.9. The van der Waals surface area contributed by atoms with E-state index < -0.39 is 0 Å². The quantitative estimate of drug-likeness (QED) is 0.243. The maximum Gasteiger partial charge on any atom is 0.199 e. The molecule has 0 aliphatic rings. The van der Waals surface area contributed by atoms with E-state index in [2.05, 4.69) is 6.92 Å². The lowest BCUT2D eigenvalue weighted by Crippen LogP contribution is -2.20. The highest BCUT2D eigenvalue weighted by atomic mass is 16.7. The van der Waals surface area contributed by atoms with E-state index >= 15 is 0 Å². The van der Waals surface area contributed by atoms with Crippen molar-refractivity contribution >= 4 is 0 Å². The van der Waals surface area contributed by atoms with E-state index in [4.69, 9.17) is 14.2 Å². The van der Waals surface area contributed by atoms with Gasteiger partial charge in [-0.25, -0.2) is 0 Å². The van der Waals surface area contributed by atoms with Crippen molar-refractivity contribution in [1.82, 2.24) is 0 Å². The van der Waals surface area contributed by atoms with Crippen LogP contribution in [0, 0.1) is 0 Å². The van der Waals surface area contributed by atoms with Gasteiger partial charge in [0.2, 0.25) is 0 Å². The summed E-state index contributed by atoms with van der Waals surface area (Å²) in [5.74, 6) is 1.61. The van der Waals surface area contributed by atoms with Crippen LogP contribution in [0.15, 0.2) is 48.5 Å². The molecule has 0 saturated carbocycles. The van der Waals surface area contributed by atoms with Gasteiger partial charge in [0.1, 0.15) is 11.9 Å². The highest BCUT2D eigenvalue weighted by Crippen LogP contribution is 2.36. The van der Waals surface area contributed by atoms with Crippen molar-refractivity contribution in [3.8, 4) is 17.2 Å². The summed E-state index contributed by atoms with van der Waals surface area (Å²) in [6, 6.07) is 15.1. The van der Waals surface area contributed by atoms with Gasteiger partial charge in [-0.3, -0.25) is 0 Å². The van der Waals surface area contributed by atoms with E-state index in [1.54, 1.807) is 6.07 Å². The van der Waals surface area contributed by atoms with E-state index in [1.807, 2.05) is 56.3 Å². The van der Waals surface area contributed by atoms with Gasteiger partial charge in [0.25, 0.3) is 0 Å². The first-order chi connectivity index (χ1) is 14.7. The van der Waals surface area contributed by atoms with Crippen LogP contribution in [0.2, 0.25) is 0 Å². The number of para-hydroxylation sites is 3. The number of hydrogen-bond donors (Lipinski definition) is 1. The monoisotopic (exact) mass is 414 g/mol. The van der Waals surface area contributed by atoms with Crippen molar-refractivity contribution in [2.45, 2.75) is 84.5 Å². The predicted molar refractivity (Wildman–Crippen MR) is 122 cm³/mol. The summed E-state index contributed by atoms with van der Waals surface area (Å²) in [7, 11) is 0. The minimum Gasteiger partial charge on any atom is -0.508 e. The standard InChI is InChI=1S/C26H38O4/c1-4-7-8-9-10-11-18-23(21-16-12-13-17-22(21)27)29-24-19-14-15-20-25(24)30-26(5-2)28-6-3/h12-17,19-20,23,26-27H,4-11,18H2,1-3H3. The Balaban J connectivity index is 2.12. The fourth-order valence-corrected chi connectivity index (χ4v) is 3.51. The molecule has 1 N–H and O–H groups in total. The summed E-state index contributed by atoms with van der Waals surface area (Å²) in [4.78, 5) is 0. The summed E-state index contributed by atoms with van der Waals surface area (Å²) in [5, 5.41) is 10.4. The number of unbranched alkanes of at least 4 members (excludes halogenated alkanes) is 5. The van der Waals surface area contributed by atoms with Crippen LogP contribution in [-0.4, -0.2) is 18.0 Å². The van der Waals surface area contributed by atoms with Crippen molar-refractivity contribution in [3.63, 3.8) is 0 Å². The first-order valence-corrected chi connectivity index (χ1v) is 11.5. The zero-order valence-corrected chi connectivity index (χ0v) is 18.8. The molecule has 166 valence electrons. The van der Waals surface area contributed by atoms with Gasteiger partial charge in [-0.1, -0.05) is 76.3 Å². The van der Waals surface area contributed by atoms with Crippen LogP contribution in [-0.2, 0) is 4.74 Å². The second-order valence-electron chi connectivity index (χ2n) is 7.58. The van der Waals surface area contributed by atoms with Crippen LogP contribution in [0.25, 0.3) is 0 Å². The molecule has 0 amide bonds. The Hall–Kier alpha value is -2.20. The van der Waals surface area contributed by atoms with Crippen LogP contribution in [0.3, 0.4) is 0 Å². The Labute approximate surface area is 182 Å². The highest BCUT2D eigenvalue weighted by Gasteiger charge is 2.20. The third-order valence-corrected chi connectivity index (χ3v) is 5.17.